The molecule has 0 unspecified atom stereocenters. The van der Waals surface area contributed by atoms with Gasteiger partial charge in [-0.1, -0.05) is 60.7 Å². The Morgan fingerprint density at radius 1 is 0.500 bits per heavy atom. The van der Waals surface area contributed by atoms with Crippen LogP contribution in [0.3, 0.4) is 0 Å². The van der Waals surface area contributed by atoms with Gasteiger partial charge in [0.2, 0.25) is 23.6 Å². The zero-order valence-corrected chi connectivity index (χ0v) is 39.9. The van der Waals surface area contributed by atoms with Gasteiger partial charge in [-0.25, -0.2) is 0 Å². The number of alkyl halides is 12. The van der Waals surface area contributed by atoms with E-state index in [4.69, 9.17) is 9.47 Å². The number of hydrogen-bond acceptors (Lipinski definition) is 6. The van der Waals surface area contributed by atoms with E-state index in [0.29, 0.717) is 61.3 Å². The Morgan fingerprint density at radius 3 is 1.09 bits per heavy atom. The van der Waals surface area contributed by atoms with Gasteiger partial charge in [0.15, 0.2) is 0 Å². The fourth-order valence-corrected chi connectivity index (χ4v) is 9.81. The second kappa shape index (κ2) is 21.6. The molecule has 6 atom stereocenters. The van der Waals surface area contributed by atoms with Crippen molar-refractivity contribution in [2.75, 3.05) is 26.3 Å². The monoisotopic (exact) mass is 1060 g/mol. The predicted octanol–water partition coefficient (Wildman–Crippen LogP) is 11.2. The van der Waals surface area contributed by atoms with E-state index < -0.39 is 82.3 Å². The van der Waals surface area contributed by atoms with Crippen molar-refractivity contribution < 1.29 is 81.3 Å². The lowest BCUT2D eigenvalue weighted by Crippen LogP contribution is -2.46. The Labute approximate surface area is 417 Å². The van der Waals surface area contributed by atoms with Gasteiger partial charge in [-0.05, 0) is 98.2 Å². The van der Waals surface area contributed by atoms with Crippen LogP contribution in [-0.4, -0.2) is 71.8 Å². The summed E-state index contributed by atoms with van der Waals surface area (Å²) in [5, 5.41) is 5.82. The molecule has 10 nitrogen and oxygen atoms in total. The van der Waals surface area contributed by atoms with Crippen LogP contribution in [0.5, 0.6) is 0 Å². The smallest absolute Gasteiger partial charge is 0.371 e. The molecule has 2 N–H and O–H groups in total. The summed E-state index contributed by atoms with van der Waals surface area (Å²) in [4.78, 5) is 54.1. The molecule has 400 valence electrons. The van der Waals surface area contributed by atoms with E-state index in [1.54, 1.807) is 60.7 Å². The molecule has 0 radical (unpaired) electrons. The molecule has 8 rings (SSSR count). The summed E-state index contributed by atoms with van der Waals surface area (Å²) in [5.41, 5.74) is -7.23. The Kier molecular flexibility index (Phi) is 16.2. The number of carbonyl (C=O) groups is 4. The molecular weight excluding hydrogens is 1000 g/mol. The first-order valence-electron chi connectivity index (χ1n) is 23.8. The summed E-state index contributed by atoms with van der Waals surface area (Å²) < 4.78 is 172. The van der Waals surface area contributed by atoms with Crippen molar-refractivity contribution in [1.29, 1.82) is 0 Å². The van der Waals surface area contributed by atoms with Crippen molar-refractivity contribution in [1.82, 2.24) is 20.4 Å². The maximum atomic E-state index is 13.3. The molecule has 4 aliphatic rings. The molecule has 0 bridgehead atoms. The fraction of sp³-hybridized carbons (Fsp3) is 0.462. The molecule has 74 heavy (non-hydrogen) atoms. The van der Waals surface area contributed by atoms with Crippen molar-refractivity contribution in [3.63, 3.8) is 0 Å². The van der Waals surface area contributed by atoms with Gasteiger partial charge in [0, 0.05) is 38.8 Å². The summed E-state index contributed by atoms with van der Waals surface area (Å²) in [6, 6.07) is 18.7. The zero-order valence-electron chi connectivity index (χ0n) is 39.9. The third-order valence-electron chi connectivity index (χ3n) is 13.9. The van der Waals surface area contributed by atoms with Gasteiger partial charge in [0.05, 0.1) is 58.8 Å². The summed E-state index contributed by atoms with van der Waals surface area (Å²) in [6.45, 7) is 3.14. The third kappa shape index (κ3) is 12.7. The van der Waals surface area contributed by atoms with Crippen LogP contribution in [0, 0.1) is 0 Å². The second-order valence-electron chi connectivity index (χ2n) is 19.0. The normalized spacial score (nSPS) is 23.8. The molecular formula is C52H52F12N4O6. The van der Waals surface area contributed by atoms with Gasteiger partial charge in [0.25, 0.3) is 0 Å². The van der Waals surface area contributed by atoms with Gasteiger partial charge in [-0.2, -0.15) is 52.7 Å². The highest BCUT2D eigenvalue weighted by Gasteiger charge is 2.51. The highest BCUT2D eigenvalue weighted by molar-refractivity contribution is 5.91. The molecule has 4 aromatic rings. The van der Waals surface area contributed by atoms with E-state index in [-0.39, 0.29) is 72.9 Å². The SMILES string of the molecule is C[C@@H](OC[C@@]1(c2ccccc2)C[C@@H](N2CCCCC2=O)C(=O)N1)c1cc(C(F)(F)F)cc(C(F)(F)F)c1.C[C@@H](OC[C@@]1(c2ccccc2)C[C@H](N2CCCCC2=O)C(=O)N1)c1cc(C(F)(F)F)cc(C(F)(F)F)c1. The Bertz CT molecular complexity index is 2420. The van der Waals surface area contributed by atoms with Gasteiger partial charge >= 0.3 is 24.7 Å². The summed E-state index contributed by atoms with van der Waals surface area (Å²) in [6.07, 6.45) is -18.2. The lowest BCUT2D eigenvalue weighted by Gasteiger charge is -2.33. The van der Waals surface area contributed by atoms with Gasteiger partial charge in [0.1, 0.15) is 12.1 Å². The molecule has 4 aromatic carbocycles. The van der Waals surface area contributed by atoms with Crippen molar-refractivity contribution in [3.8, 4) is 0 Å². The number of ether oxygens (including phenoxy) is 2. The number of rotatable bonds is 12. The summed E-state index contributed by atoms with van der Waals surface area (Å²) >= 11 is 0. The number of amides is 4. The first-order valence-corrected chi connectivity index (χ1v) is 23.8. The van der Waals surface area contributed by atoms with Crippen molar-refractivity contribution in [3.05, 3.63) is 142 Å². The number of hydrogen-bond donors (Lipinski definition) is 2. The topological polar surface area (TPSA) is 117 Å². The Hall–Kier alpha value is -6.16. The number of piperidine rings is 2. The average molecular weight is 1060 g/mol. The number of likely N-dealkylation sites (tertiary alicyclic amines) is 2. The van der Waals surface area contributed by atoms with E-state index >= 15 is 0 Å². The molecule has 4 aliphatic heterocycles. The first-order chi connectivity index (χ1) is 34.6. The van der Waals surface area contributed by atoms with E-state index in [1.807, 2.05) is 0 Å². The molecule has 4 amide bonds. The standard InChI is InChI=1S/2C26H26F6N2O3/c2*1-16(17-11-19(25(27,28)29)13-20(12-17)26(30,31)32)37-15-24(18-7-3-2-4-8-18)14-21(23(36)33-24)34-10-6-5-9-22(34)35/h2*2-4,7-8,11-13,16,21H,5-6,9-10,14-15H2,1H3,(H,33,36)/t16-,21+,24-;16-,21-,24-/m11/s1. The Balaban J connectivity index is 0.000000216. The van der Waals surface area contributed by atoms with Crippen molar-refractivity contribution >= 4 is 23.6 Å². The van der Waals surface area contributed by atoms with Crippen LogP contribution in [0.15, 0.2) is 97.1 Å². The summed E-state index contributed by atoms with van der Waals surface area (Å²) in [5.74, 6) is -1.02. The van der Waals surface area contributed by atoms with E-state index in [0.717, 1.165) is 25.7 Å². The van der Waals surface area contributed by atoms with Crippen molar-refractivity contribution in [2.24, 2.45) is 0 Å². The van der Waals surface area contributed by atoms with Crippen molar-refractivity contribution in [2.45, 2.75) is 125 Å². The van der Waals surface area contributed by atoms with Crippen LogP contribution in [0.4, 0.5) is 52.7 Å². The molecule has 4 fully saturated rings. The number of benzene rings is 4. The number of nitrogens with one attached hydrogen (secondary N) is 2. The Morgan fingerprint density at radius 2 is 0.811 bits per heavy atom. The molecule has 0 spiro atoms. The maximum Gasteiger partial charge on any atom is 0.416 e. The third-order valence-corrected chi connectivity index (χ3v) is 13.9. The highest BCUT2D eigenvalue weighted by atomic mass is 19.4. The lowest BCUT2D eigenvalue weighted by atomic mass is 9.87. The van der Waals surface area contributed by atoms with E-state index in [1.165, 1.54) is 23.6 Å². The van der Waals surface area contributed by atoms with Crippen LogP contribution in [0.25, 0.3) is 0 Å². The molecule has 0 aromatic heterocycles. The highest BCUT2D eigenvalue weighted by Crippen LogP contribution is 2.43. The van der Waals surface area contributed by atoms with Crippen LogP contribution >= 0.6 is 0 Å². The fourth-order valence-electron chi connectivity index (χ4n) is 9.81. The largest absolute Gasteiger partial charge is 0.416 e. The number of halogens is 12. The molecule has 0 aliphatic carbocycles. The van der Waals surface area contributed by atoms with Gasteiger partial charge in [-0.15, -0.1) is 0 Å². The molecule has 4 heterocycles. The molecule has 22 heteroatoms. The number of carbonyl (C=O) groups excluding carboxylic acids is 4. The van der Waals surface area contributed by atoms with E-state index in [9.17, 15) is 71.9 Å². The second-order valence-corrected chi connectivity index (χ2v) is 19.0. The maximum absolute atomic E-state index is 13.3. The van der Waals surface area contributed by atoms with Gasteiger partial charge < -0.3 is 29.9 Å². The minimum absolute atomic E-state index is 0.0686. The molecule has 0 saturated carbocycles. The number of nitrogens with zero attached hydrogens (tertiary/aromatic N) is 2. The lowest BCUT2D eigenvalue weighted by molar-refractivity contribution is -0.145. The minimum atomic E-state index is -4.98. The zero-order chi connectivity index (χ0) is 54.0. The molecule has 4 saturated heterocycles. The predicted molar refractivity (Wildman–Crippen MR) is 242 cm³/mol. The van der Waals surface area contributed by atoms with Crippen LogP contribution in [-0.2, 0) is 64.4 Å². The quantitative estimate of drug-likeness (QED) is 0.137. The van der Waals surface area contributed by atoms with Crippen LogP contribution < -0.4 is 10.6 Å². The minimum Gasteiger partial charge on any atom is -0.371 e. The van der Waals surface area contributed by atoms with Gasteiger partial charge in [-0.3, -0.25) is 19.2 Å². The van der Waals surface area contributed by atoms with E-state index in [2.05, 4.69) is 10.6 Å². The van der Waals surface area contributed by atoms with Crippen LogP contribution in [0.2, 0.25) is 0 Å². The first kappa shape index (κ1) is 55.6. The van der Waals surface area contributed by atoms with Crippen LogP contribution in [0.1, 0.15) is 122 Å². The summed E-state index contributed by atoms with van der Waals surface area (Å²) in [7, 11) is 0. The average Bonchev–Trinajstić information content (AvgIpc) is 3.88.